The molecular weight excluding hydrogens is 229 g/mol. The number of halogens is 3. The summed E-state index contributed by atoms with van der Waals surface area (Å²) in [5.41, 5.74) is -2.77. The van der Waals surface area contributed by atoms with Gasteiger partial charge in [0.15, 0.2) is 5.60 Å². The third-order valence-corrected chi connectivity index (χ3v) is 2.29. The fourth-order valence-electron chi connectivity index (χ4n) is 1.62. The Labute approximate surface area is 103 Å². The van der Waals surface area contributed by atoms with Gasteiger partial charge in [-0.15, -0.1) is 0 Å². The smallest absolute Gasteiger partial charge is 0.365 e. The van der Waals surface area contributed by atoms with Crippen LogP contribution in [0.4, 0.5) is 13.2 Å². The van der Waals surface area contributed by atoms with Crippen LogP contribution in [0.25, 0.3) is 0 Å². The monoisotopic (exact) mass is 254 g/mol. The molecule has 0 aromatic heterocycles. The van der Waals surface area contributed by atoms with Crippen molar-refractivity contribution in [1.29, 1.82) is 0 Å². The van der Waals surface area contributed by atoms with E-state index in [0.29, 0.717) is 0 Å². The highest BCUT2D eigenvalue weighted by atomic mass is 19.4. The van der Waals surface area contributed by atoms with Crippen molar-refractivity contribution in [2.24, 2.45) is 10.8 Å². The number of hydrogen-bond donors (Lipinski definition) is 0. The Hall–Kier alpha value is -0.250. The second kappa shape index (κ2) is 4.79. The number of rotatable bonds is 3. The Balaban J connectivity index is 4.88. The molecular formula is C13H25F3O. The largest absolute Gasteiger partial charge is 0.417 e. The summed E-state index contributed by atoms with van der Waals surface area (Å²) >= 11 is 0. The molecule has 104 valence electrons. The molecule has 0 fully saturated rings. The molecule has 1 unspecified atom stereocenters. The van der Waals surface area contributed by atoms with Crippen LogP contribution >= 0.6 is 0 Å². The van der Waals surface area contributed by atoms with Crippen LogP contribution in [0.3, 0.4) is 0 Å². The molecule has 0 rings (SSSR count). The zero-order valence-electron chi connectivity index (χ0n) is 12.0. The fourth-order valence-corrected chi connectivity index (χ4v) is 1.62. The van der Waals surface area contributed by atoms with Crippen LogP contribution in [-0.4, -0.2) is 18.4 Å². The van der Waals surface area contributed by atoms with E-state index in [1.165, 1.54) is 0 Å². The maximum absolute atomic E-state index is 13.1. The Bertz CT molecular complexity index is 245. The molecule has 0 spiro atoms. The van der Waals surface area contributed by atoms with Crippen molar-refractivity contribution < 1.29 is 17.9 Å². The molecule has 17 heavy (non-hydrogen) atoms. The van der Waals surface area contributed by atoms with Gasteiger partial charge >= 0.3 is 6.18 Å². The molecule has 0 aromatic rings. The molecule has 0 radical (unpaired) electrons. The first kappa shape index (κ1) is 16.8. The van der Waals surface area contributed by atoms with Crippen LogP contribution in [0.1, 0.15) is 54.9 Å². The molecule has 0 aliphatic rings. The molecule has 0 N–H and O–H groups in total. The molecule has 0 amide bonds. The van der Waals surface area contributed by atoms with E-state index >= 15 is 0 Å². The lowest BCUT2D eigenvalue weighted by atomic mass is 9.82. The standard InChI is InChI=1S/C13H25F3O/c1-10(2,3)8-12(7,13(14,15)16)17-9-11(4,5)6/h8-9H2,1-7H3. The number of hydrogen-bond acceptors (Lipinski definition) is 1. The molecule has 0 bridgehead atoms. The molecule has 0 aromatic carbocycles. The van der Waals surface area contributed by atoms with Crippen LogP contribution in [0.15, 0.2) is 0 Å². The Morgan fingerprint density at radius 1 is 0.765 bits per heavy atom. The minimum Gasteiger partial charge on any atom is -0.365 e. The van der Waals surface area contributed by atoms with Gasteiger partial charge in [0.1, 0.15) is 0 Å². The SMILES string of the molecule is CC(C)(C)COC(C)(CC(C)(C)C)C(F)(F)F. The second-order valence-corrected chi connectivity index (χ2v) is 7.32. The molecule has 0 saturated carbocycles. The molecule has 4 heteroatoms. The van der Waals surface area contributed by atoms with Gasteiger partial charge < -0.3 is 4.74 Å². The normalized spacial score (nSPS) is 18.0. The predicted octanol–water partition coefficient (Wildman–Crippen LogP) is 4.81. The van der Waals surface area contributed by atoms with Gasteiger partial charge in [0.05, 0.1) is 6.61 Å². The van der Waals surface area contributed by atoms with Crippen molar-refractivity contribution in [3.63, 3.8) is 0 Å². The number of ether oxygens (including phenoxy) is 1. The van der Waals surface area contributed by atoms with Crippen molar-refractivity contribution in [3.05, 3.63) is 0 Å². The lowest BCUT2D eigenvalue weighted by Crippen LogP contribution is -2.48. The first-order valence-electron chi connectivity index (χ1n) is 5.87. The number of alkyl halides is 3. The average molecular weight is 254 g/mol. The topological polar surface area (TPSA) is 9.23 Å². The lowest BCUT2D eigenvalue weighted by Gasteiger charge is -2.38. The Morgan fingerprint density at radius 3 is 1.41 bits per heavy atom. The Kier molecular flexibility index (Phi) is 4.72. The summed E-state index contributed by atoms with van der Waals surface area (Å²) in [4.78, 5) is 0. The fraction of sp³-hybridized carbons (Fsp3) is 1.00. The summed E-state index contributed by atoms with van der Waals surface area (Å²) < 4.78 is 44.5. The molecule has 0 aliphatic carbocycles. The summed E-state index contributed by atoms with van der Waals surface area (Å²) in [6, 6.07) is 0. The first-order chi connectivity index (χ1) is 7.16. The molecule has 0 heterocycles. The highest BCUT2D eigenvalue weighted by Gasteiger charge is 2.54. The minimum atomic E-state index is -4.34. The van der Waals surface area contributed by atoms with E-state index in [1.54, 1.807) is 20.8 Å². The van der Waals surface area contributed by atoms with E-state index in [9.17, 15) is 13.2 Å². The van der Waals surface area contributed by atoms with Crippen molar-refractivity contribution in [3.8, 4) is 0 Å². The van der Waals surface area contributed by atoms with Crippen molar-refractivity contribution >= 4 is 0 Å². The molecule has 1 atom stereocenters. The first-order valence-corrected chi connectivity index (χ1v) is 5.87. The quantitative estimate of drug-likeness (QED) is 0.702. The molecule has 0 saturated heterocycles. The lowest BCUT2D eigenvalue weighted by molar-refractivity contribution is -0.284. The van der Waals surface area contributed by atoms with Crippen molar-refractivity contribution in [2.45, 2.75) is 66.7 Å². The Morgan fingerprint density at radius 2 is 1.18 bits per heavy atom. The third kappa shape index (κ3) is 6.29. The van der Waals surface area contributed by atoms with Gasteiger partial charge in [0.2, 0.25) is 0 Å². The van der Waals surface area contributed by atoms with Gasteiger partial charge in [-0.05, 0) is 24.2 Å². The van der Waals surface area contributed by atoms with Gasteiger partial charge in [-0.25, -0.2) is 0 Å². The highest BCUT2D eigenvalue weighted by Crippen LogP contribution is 2.42. The van der Waals surface area contributed by atoms with E-state index < -0.39 is 17.2 Å². The van der Waals surface area contributed by atoms with E-state index in [4.69, 9.17) is 4.74 Å². The molecule has 1 nitrogen and oxygen atoms in total. The van der Waals surface area contributed by atoms with Crippen LogP contribution in [0.5, 0.6) is 0 Å². The maximum Gasteiger partial charge on any atom is 0.417 e. The average Bonchev–Trinajstić information content (AvgIpc) is 1.94. The van der Waals surface area contributed by atoms with Crippen molar-refractivity contribution in [2.75, 3.05) is 6.61 Å². The van der Waals surface area contributed by atoms with Gasteiger partial charge in [-0.2, -0.15) is 13.2 Å². The van der Waals surface area contributed by atoms with Gasteiger partial charge in [0, 0.05) is 0 Å². The van der Waals surface area contributed by atoms with E-state index in [-0.39, 0.29) is 18.4 Å². The van der Waals surface area contributed by atoms with Crippen molar-refractivity contribution in [1.82, 2.24) is 0 Å². The van der Waals surface area contributed by atoms with E-state index in [2.05, 4.69) is 0 Å². The van der Waals surface area contributed by atoms with Gasteiger partial charge in [0.25, 0.3) is 0 Å². The van der Waals surface area contributed by atoms with Crippen LogP contribution in [-0.2, 0) is 4.74 Å². The van der Waals surface area contributed by atoms with Crippen LogP contribution in [0.2, 0.25) is 0 Å². The van der Waals surface area contributed by atoms with Gasteiger partial charge in [-0.1, -0.05) is 41.5 Å². The summed E-state index contributed by atoms with van der Waals surface area (Å²) in [5, 5.41) is 0. The summed E-state index contributed by atoms with van der Waals surface area (Å²) in [6.45, 7) is 12.2. The second-order valence-electron chi connectivity index (χ2n) is 7.32. The van der Waals surface area contributed by atoms with Crippen LogP contribution in [0, 0.1) is 10.8 Å². The van der Waals surface area contributed by atoms with E-state index in [0.717, 1.165) is 6.92 Å². The third-order valence-electron chi connectivity index (χ3n) is 2.29. The highest BCUT2D eigenvalue weighted by molar-refractivity contribution is 4.89. The summed E-state index contributed by atoms with van der Waals surface area (Å²) in [6.07, 6.45) is -4.38. The van der Waals surface area contributed by atoms with Crippen LogP contribution < -0.4 is 0 Å². The summed E-state index contributed by atoms with van der Waals surface area (Å²) in [7, 11) is 0. The molecule has 0 aliphatic heterocycles. The van der Waals surface area contributed by atoms with Gasteiger partial charge in [-0.3, -0.25) is 0 Å². The maximum atomic E-state index is 13.1. The summed E-state index contributed by atoms with van der Waals surface area (Å²) in [5.74, 6) is 0. The zero-order valence-corrected chi connectivity index (χ0v) is 12.0. The zero-order chi connectivity index (χ0) is 14.1. The van der Waals surface area contributed by atoms with E-state index in [1.807, 2.05) is 20.8 Å². The predicted molar refractivity (Wildman–Crippen MR) is 63.9 cm³/mol. The minimum absolute atomic E-state index is 0.0421.